The molecule has 36 heavy (non-hydrogen) atoms. The molecule has 1 rings (SSSR count). The zero-order valence-electron chi connectivity index (χ0n) is 25.1. The smallest absolute Gasteiger partial charge is 0.0842 e. The third-order valence-corrected chi connectivity index (χ3v) is 17.6. The Hall–Kier alpha value is 0.660. The van der Waals surface area contributed by atoms with Crippen LogP contribution >= 0.6 is 14.5 Å². The van der Waals surface area contributed by atoms with Crippen LogP contribution in [0.2, 0.25) is 0 Å². The zero-order chi connectivity index (χ0) is 25.1. The van der Waals surface area contributed by atoms with Crippen LogP contribution in [0.1, 0.15) is 130 Å². The van der Waals surface area contributed by atoms with Gasteiger partial charge >= 0.3 is 0 Å². The van der Waals surface area contributed by atoms with Crippen molar-refractivity contribution in [1.82, 2.24) is 0 Å². The Bertz CT molecular complexity index is 506. The van der Waals surface area contributed by atoms with Gasteiger partial charge in [0.05, 0.1) is 49.3 Å². The lowest BCUT2D eigenvalue weighted by Crippen LogP contribution is -3.00. The highest BCUT2D eigenvalue weighted by atomic mass is 35.5. The Morgan fingerprint density at radius 1 is 0.389 bits per heavy atom. The van der Waals surface area contributed by atoms with E-state index in [0.717, 1.165) is 0 Å². The van der Waals surface area contributed by atoms with Crippen molar-refractivity contribution in [1.29, 1.82) is 0 Å². The van der Waals surface area contributed by atoms with Crippen LogP contribution in [0.4, 0.5) is 0 Å². The zero-order valence-corrected chi connectivity index (χ0v) is 28.4. The fourth-order valence-corrected chi connectivity index (χ4v) is 15.8. The minimum absolute atomic E-state index is 0. The molecule has 0 radical (unpaired) electrons. The summed E-state index contributed by atoms with van der Waals surface area (Å²) in [5.74, 6) is 0. The summed E-state index contributed by atoms with van der Waals surface area (Å²) in [6.45, 7) is 14.3. The van der Waals surface area contributed by atoms with Crippen LogP contribution in [-0.4, -0.2) is 37.0 Å². The highest BCUT2D eigenvalue weighted by Gasteiger charge is 2.37. The first kappa shape index (κ1) is 38.8. The molecule has 0 N–H and O–H groups in total. The van der Waals surface area contributed by atoms with E-state index in [2.05, 4.69) is 65.8 Å². The molecule has 0 saturated heterocycles. The van der Waals surface area contributed by atoms with Gasteiger partial charge in [-0.2, -0.15) is 0 Å². The molecule has 0 aliphatic heterocycles. The number of rotatable bonds is 22. The van der Waals surface area contributed by atoms with E-state index in [1.807, 2.05) is 0 Å². The van der Waals surface area contributed by atoms with E-state index in [1.165, 1.54) is 126 Å². The predicted octanol–water partition coefficient (Wildman–Crippen LogP) is 5.53. The van der Waals surface area contributed by atoms with Gasteiger partial charge in [-0.3, -0.25) is 0 Å². The van der Waals surface area contributed by atoms with Crippen molar-refractivity contribution in [2.45, 2.75) is 131 Å². The van der Waals surface area contributed by atoms with Crippen LogP contribution in [0, 0.1) is 0 Å². The topological polar surface area (TPSA) is 0 Å². The predicted molar refractivity (Wildman–Crippen MR) is 166 cm³/mol. The summed E-state index contributed by atoms with van der Waals surface area (Å²) in [5, 5.41) is 0. The largest absolute Gasteiger partial charge is 1.00 e. The fraction of sp³-hybridized carbons (Fsp3) is 0.812. The standard InChI is InChI=1S/C32H62P2.2ClH/c1-7-13-23-33(24-14-8-2,25-15-9-3)29-31-19-21-32(22-20-31)30-34(26-16-10-4,27-17-11-5)28-18-12-6;;/h19-22H,7-18,23-30H2,1-6H3;2*1H/q+2;;/p-2. The molecule has 0 aliphatic carbocycles. The van der Waals surface area contributed by atoms with Gasteiger partial charge in [0, 0.05) is 14.5 Å². The van der Waals surface area contributed by atoms with Gasteiger partial charge in [0.2, 0.25) is 0 Å². The molecule has 1 aromatic carbocycles. The first-order chi connectivity index (χ1) is 16.5. The molecule has 0 nitrogen and oxygen atoms in total. The average Bonchev–Trinajstić information content (AvgIpc) is 2.86. The molecule has 0 saturated carbocycles. The highest BCUT2D eigenvalue weighted by Crippen LogP contribution is 2.64. The Labute approximate surface area is 241 Å². The Morgan fingerprint density at radius 3 is 0.750 bits per heavy atom. The minimum atomic E-state index is -0.861. The van der Waals surface area contributed by atoms with Crippen molar-refractivity contribution in [2.24, 2.45) is 0 Å². The highest BCUT2D eigenvalue weighted by molar-refractivity contribution is 7.75. The van der Waals surface area contributed by atoms with Crippen molar-refractivity contribution in [3.05, 3.63) is 35.4 Å². The van der Waals surface area contributed by atoms with Crippen LogP contribution in [-0.2, 0) is 12.3 Å². The number of unbranched alkanes of at least 4 members (excludes halogenated alkanes) is 6. The monoisotopic (exact) mass is 578 g/mol. The molecule has 0 aliphatic rings. The minimum Gasteiger partial charge on any atom is -1.00 e. The molecular formula is C32H62Cl2P2. The second-order valence-electron chi connectivity index (χ2n) is 11.3. The van der Waals surface area contributed by atoms with Crippen LogP contribution in [0.3, 0.4) is 0 Å². The van der Waals surface area contributed by atoms with E-state index >= 15 is 0 Å². The van der Waals surface area contributed by atoms with Crippen molar-refractivity contribution >= 4 is 14.5 Å². The van der Waals surface area contributed by atoms with Crippen LogP contribution in [0.5, 0.6) is 0 Å². The molecule has 0 amide bonds. The summed E-state index contributed by atoms with van der Waals surface area (Å²) in [6, 6.07) is 10.2. The number of benzene rings is 1. The summed E-state index contributed by atoms with van der Waals surface area (Å²) in [5.41, 5.74) is 3.31. The fourth-order valence-electron chi connectivity index (χ4n) is 5.63. The van der Waals surface area contributed by atoms with E-state index in [0.29, 0.717) is 0 Å². The SMILES string of the molecule is CCCC[P+](CCCC)(CCCC)Cc1ccc(C[P+](CCCC)(CCCC)CCCC)cc1.[Cl-].[Cl-]. The lowest BCUT2D eigenvalue weighted by atomic mass is 10.2. The van der Waals surface area contributed by atoms with E-state index in [9.17, 15) is 0 Å². The van der Waals surface area contributed by atoms with Gasteiger partial charge in [0.25, 0.3) is 0 Å². The van der Waals surface area contributed by atoms with E-state index in [-0.39, 0.29) is 24.8 Å². The summed E-state index contributed by atoms with van der Waals surface area (Å²) < 4.78 is 0. The van der Waals surface area contributed by atoms with Crippen molar-refractivity contribution in [3.8, 4) is 0 Å². The number of halogens is 2. The third-order valence-electron chi connectivity index (χ3n) is 7.97. The normalized spacial score (nSPS) is 11.7. The van der Waals surface area contributed by atoms with Gasteiger partial charge in [0.1, 0.15) is 0 Å². The maximum atomic E-state index is 2.56. The first-order valence-corrected chi connectivity index (χ1v) is 20.4. The first-order valence-electron chi connectivity index (χ1n) is 15.3. The maximum Gasteiger partial charge on any atom is 0.0842 e. The van der Waals surface area contributed by atoms with Crippen molar-refractivity contribution in [2.75, 3.05) is 37.0 Å². The van der Waals surface area contributed by atoms with Crippen LogP contribution in [0.25, 0.3) is 0 Å². The van der Waals surface area contributed by atoms with Crippen molar-refractivity contribution < 1.29 is 24.8 Å². The molecule has 0 fully saturated rings. The lowest BCUT2D eigenvalue weighted by molar-refractivity contribution is -0.00100. The van der Waals surface area contributed by atoms with Gasteiger partial charge < -0.3 is 24.8 Å². The number of hydrogen-bond donors (Lipinski definition) is 0. The molecule has 0 spiro atoms. The second kappa shape index (κ2) is 23.5. The summed E-state index contributed by atoms with van der Waals surface area (Å²) in [7, 11) is -1.72. The van der Waals surface area contributed by atoms with E-state index in [4.69, 9.17) is 0 Å². The van der Waals surface area contributed by atoms with Crippen LogP contribution in [0.15, 0.2) is 24.3 Å². The van der Waals surface area contributed by atoms with Gasteiger partial charge in [-0.15, -0.1) is 0 Å². The maximum absolute atomic E-state index is 2.56. The molecule has 0 unspecified atom stereocenters. The van der Waals surface area contributed by atoms with Gasteiger partial charge in [-0.1, -0.05) is 104 Å². The van der Waals surface area contributed by atoms with E-state index < -0.39 is 14.5 Å². The lowest BCUT2D eigenvalue weighted by Gasteiger charge is -2.29. The van der Waals surface area contributed by atoms with Crippen molar-refractivity contribution in [3.63, 3.8) is 0 Å². The molecule has 4 heteroatoms. The Morgan fingerprint density at radius 2 is 0.583 bits per heavy atom. The third kappa shape index (κ3) is 15.3. The molecule has 1 aromatic rings. The van der Waals surface area contributed by atoms with E-state index in [1.54, 1.807) is 11.1 Å². The summed E-state index contributed by atoms with van der Waals surface area (Å²) >= 11 is 0. The molecule has 0 bridgehead atoms. The average molecular weight is 580 g/mol. The summed E-state index contributed by atoms with van der Waals surface area (Å²) in [4.78, 5) is 0. The second-order valence-corrected chi connectivity index (χ2v) is 20.0. The quantitative estimate of drug-likeness (QED) is 0.159. The molecule has 0 atom stereocenters. The number of hydrogen-bond acceptors (Lipinski definition) is 0. The van der Waals surface area contributed by atoms with Gasteiger partial charge in [-0.25, -0.2) is 0 Å². The molecular weight excluding hydrogens is 517 g/mol. The Kier molecular flexibility index (Phi) is 25.4. The van der Waals surface area contributed by atoms with Gasteiger partial charge in [0.15, 0.2) is 0 Å². The molecule has 0 aromatic heterocycles. The van der Waals surface area contributed by atoms with Gasteiger partial charge in [-0.05, 0) is 49.7 Å². The molecule has 214 valence electrons. The molecule has 0 heterocycles. The summed E-state index contributed by atoms with van der Waals surface area (Å²) in [6.07, 6.45) is 28.8. The Balaban J connectivity index is 0. The van der Waals surface area contributed by atoms with Crippen LogP contribution < -0.4 is 24.8 Å².